The van der Waals surface area contributed by atoms with Gasteiger partial charge in [-0.1, -0.05) is 27.5 Å². The fraction of sp³-hybridized carbons (Fsp3) is 0.500. The van der Waals surface area contributed by atoms with Crippen LogP contribution in [0.2, 0.25) is 5.02 Å². The lowest BCUT2D eigenvalue weighted by atomic mass is 9.97. The summed E-state index contributed by atoms with van der Waals surface area (Å²) in [5, 5.41) is 0.516. The quantitative estimate of drug-likeness (QED) is 0.851. The Morgan fingerprint density at radius 2 is 1.95 bits per heavy atom. The van der Waals surface area contributed by atoms with Gasteiger partial charge in [-0.15, -0.1) is 0 Å². The molecule has 2 bridgehead atoms. The number of hydrogen-bond acceptors (Lipinski definition) is 2. The highest BCUT2D eigenvalue weighted by molar-refractivity contribution is 9.10. The normalized spacial score (nSPS) is 29.6. The first kappa shape index (κ1) is 13.4. The molecule has 19 heavy (non-hydrogen) atoms. The summed E-state index contributed by atoms with van der Waals surface area (Å²) in [6, 6.07) is 6.22. The number of rotatable bonds is 1. The first-order valence-corrected chi connectivity index (χ1v) is 7.76. The Kier molecular flexibility index (Phi) is 3.58. The number of fused-ring (bicyclic) bond motifs is 2. The second-order valence-electron chi connectivity index (χ2n) is 5.45. The van der Waals surface area contributed by atoms with Crippen molar-refractivity contribution >= 4 is 33.4 Å². The van der Waals surface area contributed by atoms with Gasteiger partial charge >= 0.3 is 0 Å². The summed E-state index contributed by atoms with van der Waals surface area (Å²) in [6.45, 7) is 0. The molecule has 3 nitrogen and oxygen atoms in total. The standard InChI is InChI=1S/C14H16BrClN2O/c15-8-1-4-13(16)12(5-8)14(19)18-10-2-3-11(18)7-9(17)6-10/h1,4-5,9-11H,2-3,6-7,17H2. The predicted molar refractivity (Wildman–Crippen MR) is 79.3 cm³/mol. The Morgan fingerprint density at radius 1 is 1.32 bits per heavy atom. The number of nitrogens with two attached hydrogens (primary N) is 1. The molecule has 2 heterocycles. The van der Waals surface area contributed by atoms with Crippen LogP contribution in [0.15, 0.2) is 22.7 Å². The van der Waals surface area contributed by atoms with Crippen LogP contribution in [0.25, 0.3) is 0 Å². The van der Waals surface area contributed by atoms with Gasteiger partial charge in [0.1, 0.15) is 0 Å². The summed E-state index contributed by atoms with van der Waals surface area (Å²) in [6.07, 6.45) is 3.95. The smallest absolute Gasteiger partial charge is 0.255 e. The van der Waals surface area contributed by atoms with Crippen LogP contribution in [0.3, 0.4) is 0 Å². The average Bonchev–Trinajstić information content (AvgIpc) is 2.64. The fourth-order valence-corrected chi connectivity index (χ4v) is 3.91. The monoisotopic (exact) mass is 342 g/mol. The molecule has 2 atom stereocenters. The van der Waals surface area contributed by atoms with Crippen LogP contribution in [0, 0.1) is 0 Å². The van der Waals surface area contributed by atoms with E-state index < -0.39 is 0 Å². The first-order chi connectivity index (χ1) is 9.06. The van der Waals surface area contributed by atoms with Crippen molar-refractivity contribution in [2.75, 3.05) is 0 Å². The van der Waals surface area contributed by atoms with Gasteiger partial charge in [0.2, 0.25) is 0 Å². The molecule has 2 unspecified atom stereocenters. The molecule has 1 aromatic rings. The van der Waals surface area contributed by atoms with Crippen molar-refractivity contribution in [2.24, 2.45) is 5.73 Å². The highest BCUT2D eigenvalue weighted by Gasteiger charge is 2.42. The second-order valence-corrected chi connectivity index (χ2v) is 6.78. The van der Waals surface area contributed by atoms with Gasteiger partial charge in [-0.3, -0.25) is 4.79 Å². The van der Waals surface area contributed by atoms with Gasteiger partial charge in [0.15, 0.2) is 0 Å². The summed E-state index contributed by atoms with van der Waals surface area (Å²) in [4.78, 5) is 14.7. The third-order valence-corrected chi connectivity index (χ3v) is 4.99. The Hall–Kier alpha value is -0.580. The second kappa shape index (κ2) is 5.08. The average molecular weight is 344 g/mol. The van der Waals surface area contributed by atoms with Gasteiger partial charge in [-0.2, -0.15) is 0 Å². The number of carbonyl (C=O) groups is 1. The lowest BCUT2D eigenvalue weighted by Crippen LogP contribution is -2.50. The van der Waals surface area contributed by atoms with Crippen molar-refractivity contribution in [3.05, 3.63) is 33.3 Å². The summed E-state index contributed by atoms with van der Waals surface area (Å²) >= 11 is 9.56. The molecular weight excluding hydrogens is 328 g/mol. The van der Waals surface area contributed by atoms with Crippen molar-refractivity contribution < 1.29 is 4.79 Å². The van der Waals surface area contributed by atoms with E-state index in [9.17, 15) is 4.79 Å². The van der Waals surface area contributed by atoms with Gasteiger partial charge in [-0.05, 0) is 43.9 Å². The van der Waals surface area contributed by atoms with Gasteiger partial charge < -0.3 is 10.6 Å². The van der Waals surface area contributed by atoms with E-state index in [1.54, 1.807) is 12.1 Å². The molecule has 0 radical (unpaired) electrons. The van der Waals surface area contributed by atoms with Crippen LogP contribution in [0.1, 0.15) is 36.0 Å². The number of benzene rings is 1. The zero-order chi connectivity index (χ0) is 13.6. The maximum absolute atomic E-state index is 12.7. The Morgan fingerprint density at radius 3 is 2.58 bits per heavy atom. The lowest BCUT2D eigenvalue weighted by molar-refractivity contribution is 0.0575. The number of halogens is 2. The molecule has 0 spiro atoms. The molecule has 2 saturated heterocycles. The fourth-order valence-electron chi connectivity index (χ4n) is 3.35. The van der Waals surface area contributed by atoms with Crippen molar-refractivity contribution in [1.29, 1.82) is 0 Å². The van der Waals surface area contributed by atoms with E-state index in [0.717, 1.165) is 30.2 Å². The van der Waals surface area contributed by atoms with Gasteiger partial charge in [0.05, 0.1) is 10.6 Å². The van der Waals surface area contributed by atoms with Gasteiger partial charge in [-0.25, -0.2) is 0 Å². The molecule has 1 aromatic carbocycles. The van der Waals surface area contributed by atoms with E-state index in [1.165, 1.54) is 0 Å². The topological polar surface area (TPSA) is 46.3 Å². The zero-order valence-electron chi connectivity index (χ0n) is 10.5. The van der Waals surface area contributed by atoms with E-state index >= 15 is 0 Å². The number of hydrogen-bond donors (Lipinski definition) is 1. The molecule has 2 aliphatic heterocycles. The molecular formula is C14H16BrClN2O. The molecule has 0 aromatic heterocycles. The van der Waals surface area contributed by atoms with E-state index in [1.807, 2.05) is 11.0 Å². The number of nitrogens with zero attached hydrogens (tertiary/aromatic N) is 1. The van der Waals surface area contributed by atoms with Crippen LogP contribution in [0.4, 0.5) is 0 Å². The molecule has 0 saturated carbocycles. The molecule has 2 aliphatic rings. The van der Waals surface area contributed by atoms with Gasteiger partial charge in [0.25, 0.3) is 5.91 Å². The minimum atomic E-state index is 0.0469. The van der Waals surface area contributed by atoms with Crippen molar-refractivity contribution in [1.82, 2.24) is 4.90 Å². The van der Waals surface area contributed by atoms with E-state index in [0.29, 0.717) is 10.6 Å². The highest BCUT2D eigenvalue weighted by Crippen LogP contribution is 2.37. The van der Waals surface area contributed by atoms with Crippen LogP contribution in [0.5, 0.6) is 0 Å². The van der Waals surface area contributed by atoms with E-state index in [2.05, 4.69) is 15.9 Å². The Bertz CT molecular complexity index is 508. The maximum atomic E-state index is 12.7. The summed E-state index contributed by atoms with van der Waals surface area (Å²) in [5.74, 6) is 0.0469. The highest BCUT2D eigenvalue weighted by atomic mass is 79.9. The molecule has 2 N–H and O–H groups in total. The Balaban J connectivity index is 1.90. The minimum Gasteiger partial charge on any atom is -0.333 e. The molecule has 2 fully saturated rings. The van der Waals surface area contributed by atoms with Crippen molar-refractivity contribution in [3.8, 4) is 0 Å². The number of piperidine rings is 1. The molecule has 1 amide bonds. The third kappa shape index (κ3) is 2.41. The summed E-state index contributed by atoms with van der Waals surface area (Å²) in [5.41, 5.74) is 6.63. The number of carbonyl (C=O) groups excluding carboxylic acids is 1. The third-order valence-electron chi connectivity index (χ3n) is 4.16. The minimum absolute atomic E-state index is 0.0469. The van der Waals surface area contributed by atoms with Crippen LogP contribution < -0.4 is 5.73 Å². The largest absolute Gasteiger partial charge is 0.333 e. The van der Waals surface area contributed by atoms with Crippen LogP contribution in [-0.2, 0) is 0 Å². The first-order valence-electron chi connectivity index (χ1n) is 6.59. The maximum Gasteiger partial charge on any atom is 0.255 e. The van der Waals surface area contributed by atoms with Crippen molar-refractivity contribution in [2.45, 2.75) is 43.8 Å². The van der Waals surface area contributed by atoms with Gasteiger partial charge in [0, 0.05) is 22.6 Å². The lowest BCUT2D eigenvalue weighted by Gasteiger charge is -2.38. The molecule has 5 heteroatoms. The summed E-state index contributed by atoms with van der Waals surface area (Å²) in [7, 11) is 0. The number of amides is 1. The Labute approximate surface area is 126 Å². The van der Waals surface area contributed by atoms with E-state index in [-0.39, 0.29) is 24.0 Å². The van der Waals surface area contributed by atoms with E-state index in [4.69, 9.17) is 17.3 Å². The molecule has 0 aliphatic carbocycles. The zero-order valence-corrected chi connectivity index (χ0v) is 12.8. The van der Waals surface area contributed by atoms with Crippen LogP contribution >= 0.6 is 27.5 Å². The van der Waals surface area contributed by atoms with Crippen molar-refractivity contribution in [3.63, 3.8) is 0 Å². The predicted octanol–water partition coefficient (Wildman–Crippen LogP) is 3.20. The SMILES string of the molecule is NC1CC2CCC(C1)N2C(=O)c1cc(Br)ccc1Cl. The summed E-state index contributed by atoms with van der Waals surface area (Å²) < 4.78 is 0.876. The molecule has 102 valence electrons. The van der Waals surface area contributed by atoms with Crippen LogP contribution in [-0.4, -0.2) is 28.9 Å². The molecule has 3 rings (SSSR count).